The smallest absolute Gasteiger partial charge is 0.253 e. The second-order valence-corrected chi connectivity index (χ2v) is 6.82. The number of piperidine rings is 1. The van der Waals surface area contributed by atoms with Gasteiger partial charge in [0.25, 0.3) is 5.56 Å². The van der Waals surface area contributed by atoms with Crippen molar-refractivity contribution < 1.29 is 4.74 Å². The highest BCUT2D eigenvalue weighted by molar-refractivity contribution is 7.11. The predicted molar refractivity (Wildman–Crippen MR) is 86.6 cm³/mol. The molecule has 22 heavy (non-hydrogen) atoms. The molecular formula is C15H20N4O2S. The summed E-state index contributed by atoms with van der Waals surface area (Å²) in [5, 5.41) is 1.23. The Morgan fingerprint density at radius 2 is 2.23 bits per heavy atom. The summed E-state index contributed by atoms with van der Waals surface area (Å²) in [4.78, 5) is 26.8. The first-order valence-corrected chi connectivity index (χ1v) is 8.24. The van der Waals surface area contributed by atoms with E-state index in [2.05, 4.69) is 26.8 Å². The van der Waals surface area contributed by atoms with Crippen LogP contribution in [0.2, 0.25) is 0 Å². The van der Waals surface area contributed by atoms with Crippen LogP contribution in [0.1, 0.15) is 34.5 Å². The number of nitrogens with one attached hydrogen (secondary N) is 1. The number of methoxy groups -OCH3 is 1. The zero-order valence-electron chi connectivity index (χ0n) is 12.8. The van der Waals surface area contributed by atoms with Crippen LogP contribution < -0.4 is 10.5 Å². The quantitative estimate of drug-likeness (QED) is 0.934. The monoisotopic (exact) mass is 320 g/mol. The highest BCUT2D eigenvalue weighted by atomic mass is 32.1. The maximum Gasteiger partial charge on any atom is 0.253 e. The molecule has 1 aliphatic heterocycles. The van der Waals surface area contributed by atoms with Crippen LogP contribution in [0, 0.1) is 6.92 Å². The standard InChI is InChI=1S/C15H20N4O2S/c1-10-8-16-15(22-10)11-3-5-19(6-4-11)13-7-14(20)18-12(17-13)9-21-2/h7-8,11H,3-6,9H2,1-2H3,(H,17,18,20). The van der Waals surface area contributed by atoms with Gasteiger partial charge in [-0.1, -0.05) is 0 Å². The first-order valence-electron chi connectivity index (χ1n) is 7.42. The lowest BCUT2D eigenvalue weighted by Gasteiger charge is -2.32. The first kappa shape index (κ1) is 15.2. The van der Waals surface area contributed by atoms with E-state index in [0.717, 1.165) is 31.7 Å². The number of aromatic nitrogens is 3. The number of ether oxygens (including phenoxy) is 1. The topological polar surface area (TPSA) is 71.1 Å². The summed E-state index contributed by atoms with van der Waals surface area (Å²) in [5.41, 5.74) is -0.130. The van der Waals surface area contributed by atoms with Crippen molar-refractivity contribution in [1.29, 1.82) is 0 Å². The minimum absolute atomic E-state index is 0.130. The maximum absolute atomic E-state index is 11.7. The summed E-state index contributed by atoms with van der Waals surface area (Å²) in [6.45, 7) is 4.20. The molecule has 1 saturated heterocycles. The molecule has 0 aliphatic carbocycles. The van der Waals surface area contributed by atoms with Crippen molar-refractivity contribution in [2.24, 2.45) is 0 Å². The van der Waals surface area contributed by atoms with E-state index in [1.54, 1.807) is 24.5 Å². The predicted octanol–water partition coefficient (Wildman–Crippen LogP) is 2.07. The summed E-state index contributed by atoms with van der Waals surface area (Å²) in [6.07, 6.45) is 4.03. The van der Waals surface area contributed by atoms with Crippen LogP contribution in [-0.4, -0.2) is 35.2 Å². The van der Waals surface area contributed by atoms with Crippen molar-refractivity contribution in [3.8, 4) is 0 Å². The third-order valence-corrected chi connectivity index (χ3v) is 4.94. The normalized spacial score (nSPS) is 16.2. The highest BCUT2D eigenvalue weighted by Gasteiger charge is 2.23. The number of hydrogen-bond donors (Lipinski definition) is 1. The van der Waals surface area contributed by atoms with Crippen LogP contribution in [0.4, 0.5) is 5.82 Å². The van der Waals surface area contributed by atoms with Crippen LogP contribution in [0.3, 0.4) is 0 Å². The average Bonchev–Trinajstić information content (AvgIpc) is 2.94. The molecule has 3 rings (SSSR count). The molecule has 3 heterocycles. The lowest BCUT2D eigenvalue weighted by Crippen LogP contribution is -2.34. The number of anilines is 1. The fraction of sp³-hybridized carbons (Fsp3) is 0.533. The minimum Gasteiger partial charge on any atom is -0.377 e. The maximum atomic E-state index is 11.7. The molecule has 0 bridgehead atoms. The van der Waals surface area contributed by atoms with E-state index in [9.17, 15) is 4.79 Å². The van der Waals surface area contributed by atoms with Gasteiger partial charge in [-0.15, -0.1) is 11.3 Å². The van der Waals surface area contributed by atoms with E-state index >= 15 is 0 Å². The summed E-state index contributed by atoms with van der Waals surface area (Å²) < 4.78 is 5.04. The molecule has 1 aliphatic rings. The van der Waals surface area contributed by atoms with Gasteiger partial charge in [-0.3, -0.25) is 4.79 Å². The number of H-pyrrole nitrogens is 1. The highest BCUT2D eigenvalue weighted by Crippen LogP contribution is 2.31. The van der Waals surface area contributed by atoms with Crippen molar-refractivity contribution in [2.45, 2.75) is 32.3 Å². The van der Waals surface area contributed by atoms with Gasteiger partial charge in [-0.2, -0.15) is 0 Å². The van der Waals surface area contributed by atoms with E-state index in [4.69, 9.17) is 4.74 Å². The van der Waals surface area contributed by atoms with Gasteiger partial charge < -0.3 is 14.6 Å². The molecule has 0 unspecified atom stereocenters. The van der Waals surface area contributed by atoms with Crippen molar-refractivity contribution in [2.75, 3.05) is 25.1 Å². The fourth-order valence-corrected chi connectivity index (χ4v) is 3.72. The van der Waals surface area contributed by atoms with Gasteiger partial charge in [0, 0.05) is 43.3 Å². The van der Waals surface area contributed by atoms with Gasteiger partial charge in [-0.05, 0) is 19.8 Å². The Morgan fingerprint density at radius 3 is 2.86 bits per heavy atom. The van der Waals surface area contributed by atoms with Crippen LogP contribution in [0.5, 0.6) is 0 Å². The number of aromatic amines is 1. The molecule has 0 spiro atoms. The van der Waals surface area contributed by atoms with Crippen LogP contribution in [0.15, 0.2) is 17.1 Å². The van der Waals surface area contributed by atoms with Crippen molar-refractivity contribution in [3.05, 3.63) is 38.3 Å². The van der Waals surface area contributed by atoms with E-state index < -0.39 is 0 Å². The van der Waals surface area contributed by atoms with Crippen LogP contribution in [0.25, 0.3) is 0 Å². The third-order valence-electron chi connectivity index (χ3n) is 3.87. The molecule has 1 N–H and O–H groups in total. The largest absolute Gasteiger partial charge is 0.377 e. The molecule has 0 amide bonds. The molecule has 2 aromatic rings. The molecule has 118 valence electrons. The molecule has 0 aromatic carbocycles. The molecule has 0 radical (unpaired) electrons. The lowest BCUT2D eigenvalue weighted by molar-refractivity contribution is 0.177. The van der Waals surface area contributed by atoms with E-state index in [0.29, 0.717) is 18.3 Å². The summed E-state index contributed by atoms with van der Waals surface area (Å²) in [5.74, 6) is 1.84. The molecule has 0 atom stereocenters. The average molecular weight is 320 g/mol. The Kier molecular flexibility index (Phi) is 4.54. The van der Waals surface area contributed by atoms with E-state index in [1.807, 2.05) is 6.20 Å². The molecule has 1 fully saturated rings. The minimum atomic E-state index is -0.130. The van der Waals surface area contributed by atoms with Crippen molar-refractivity contribution >= 4 is 17.2 Å². The van der Waals surface area contributed by atoms with Gasteiger partial charge in [0.1, 0.15) is 18.2 Å². The zero-order chi connectivity index (χ0) is 15.5. The lowest BCUT2D eigenvalue weighted by atomic mass is 9.97. The van der Waals surface area contributed by atoms with Gasteiger partial charge in [0.15, 0.2) is 0 Å². The summed E-state index contributed by atoms with van der Waals surface area (Å²) in [6, 6.07) is 1.56. The Balaban J connectivity index is 1.69. The van der Waals surface area contributed by atoms with Crippen molar-refractivity contribution in [3.63, 3.8) is 0 Å². The second kappa shape index (κ2) is 6.58. The molecular weight excluding hydrogens is 300 g/mol. The zero-order valence-corrected chi connectivity index (χ0v) is 13.7. The van der Waals surface area contributed by atoms with Gasteiger partial charge >= 0.3 is 0 Å². The number of nitrogens with zero attached hydrogens (tertiary/aromatic N) is 3. The number of hydrogen-bond acceptors (Lipinski definition) is 6. The molecule has 0 saturated carbocycles. The molecule has 7 heteroatoms. The van der Waals surface area contributed by atoms with Gasteiger partial charge in [0.05, 0.1) is 5.01 Å². The summed E-state index contributed by atoms with van der Waals surface area (Å²) in [7, 11) is 1.59. The second-order valence-electron chi connectivity index (χ2n) is 5.55. The van der Waals surface area contributed by atoms with E-state index in [-0.39, 0.29) is 5.56 Å². The summed E-state index contributed by atoms with van der Waals surface area (Å²) >= 11 is 1.79. The Morgan fingerprint density at radius 1 is 1.45 bits per heavy atom. The Bertz CT molecular complexity index is 689. The van der Waals surface area contributed by atoms with Crippen LogP contribution >= 0.6 is 11.3 Å². The van der Waals surface area contributed by atoms with Crippen molar-refractivity contribution in [1.82, 2.24) is 15.0 Å². The Hall–Kier alpha value is -1.73. The SMILES string of the molecule is COCc1nc(N2CCC(c3ncc(C)s3)CC2)cc(=O)[nH]1. The number of rotatable bonds is 4. The molecule has 6 nitrogen and oxygen atoms in total. The Labute approximate surface area is 133 Å². The van der Waals surface area contributed by atoms with Crippen LogP contribution in [-0.2, 0) is 11.3 Å². The third kappa shape index (κ3) is 3.36. The first-order chi connectivity index (χ1) is 10.7. The fourth-order valence-electron chi connectivity index (χ4n) is 2.78. The molecule has 2 aromatic heterocycles. The number of aryl methyl sites for hydroxylation is 1. The number of thiazole rings is 1. The van der Waals surface area contributed by atoms with Gasteiger partial charge in [0.2, 0.25) is 0 Å². The van der Waals surface area contributed by atoms with E-state index in [1.165, 1.54) is 9.88 Å². The van der Waals surface area contributed by atoms with Gasteiger partial charge in [-0.25, -0.2) is 9.97 Å².